The Kier molecular flexibility index (Phi) is 7.26. The van der Waals surface area contributed by atoms with E-state index in [9.17, 15) is 9.18 Å². The predicted molar refractivity (Wildman–Crippen MR) is 132 cm³/mol. The van der Waals surface area contributed by atoms with Gasteiger partial charge in [0, 0.05) is 41.5 Å². The Balaban J connectivity index is 1.50. The first kappa shape index (κ1) is 24.3. The Labute approximate surface area is 207 Å². The van der Waals surface area contributed by atoms with Gasteiger partial charge in [0.1, 0.15) is 11.9 Å². The summed E-state index contributed by atoms with van der Waals surface area (Å²) in [5.74, 6) is 0.00742. The van der Waals surface area contributed by atoms with Gasteiger partial charge < -0.3 is 21.1 Å². The number of likely N-dealkylation sites (tertiary alicyclic amines) is 1. The van der Waals surface area contributed by atoms with Crippen molar-refractivity contribution in [1.29, 1.82) is 0 Å². The lowest BCUT2D eigenvalue weighted by molar-refractivity contribution is -0.129. The van der Waals surface area contributed by atoms with Gasteiger partial charge in [0.05, 0.1) is 11.4 Å². The molecule has 6 nitrogen and oxygen atoms in total. The zero-order chi connectivity index (χ0) is 24.4. The number of carbonyl (C=O) groups excluding carboxylic acids is 1. The van der Waals surface area contributed by atoms with Crippen molar-refractivity contribution in [3.8, 4) is 16.9 Å². The summed E-state index contributed by atoms with van der Waals surface area (Å²) in [6.07, 6.45) is 2.15. The van der Waals surface area contributed by atoms with Gasteiger partial charge in [-0.15, -0.1) is 0 Å². The summed E-state index contributed by atoms with van der Waals surface area (Å²) in [6.45, 7) is 3.03. The number of aromatic nitrogens is 1. The number of pyridine rings is 1. The molecule has 2 heterocycles. The molecule has 9 heteroatoms. The molecule has 1 aromatic heterocycles. The van der Waals surface area contributed by atoms with E-state index in [1.165, 1.54) is 12.1 Å². The summed E-state index contributed by atoms with van der Waals surface area (Å²) in [5, 5.41) is 0.200. The number of hydrogen-bond acceptors (Lipinski definition) is 5. The highest BCUT2D eigenvalue weighted by Gasteiger charge is 2.23. The number of halogens is 3. The number of ether oxygens (including phenoxy) is 1. The molecule has 2 atom stereocenters. The van der Waals surface area contributed by atoms with Gasteiger partial charge in [-0.05, 0) is 42.7 Å². The van der Waals surface area contributed by atoms with E-state index in [4.69, 9.17) is 39.4 Å². The molecular formula is C25H25Cl2FN4O2. The van der Waals surface area contributed by atoms with E-state index in [-0.39, 0.29) is 22.8 Å². The molecule has 2 aromatic carbocycles. The molecule has 1 aliphatic heterocycles. The second-order valence-electron chi connectivity index (χ2n) is 8.39. The Hall–Kier alpha value is -2.87. The first-order chi connectivity index (χ1) is 16.2. The number of carbonyl (C=O) groups is 1. The molecule has 1 fully saturated rings. The van der Waals surface area contributed by atoms with Crippen molar-refractivity contribution < 1.29 is 13.9 Å². The highest BCUT2D eigenvalue weighted by molar-refractivity contribution is 6.36. The molecule has 0 aliphatic carbocycles. The average molecular weight is 503 g/mol. The summed E-state index contributed by atoms with van der Waals surface area (Å²) in [6, 6.07) is 12.1. The smallest absolute Gasteiger partial charge is 0.227 e. The third-order valence-electron chi connectivity index (χ3n) is 5.89. The van der Waals surface area contributed by atoms with Crippen LogP contribution in [0.5, 0.6) is 5.75 Å². The van der Waals surface area contributed by atoms with Crippen LogP contribution in [0.25, 0.3) is 11.1 Å². The maximum Gasteiger partial charge on any atom is 0.227 e. The van der Waals surface area contributed by atoms with Gasteiger partial charge in [0.25, 0.3) is 0 Å². The van der Waals surface area contributed by atoms with Crippen LogP contribution in [0.2, 0.25) is 10.0 Å². The van der Waals surface area contributed by atoms with Crippen LogP contribution in [-0.2, 0) is 11.2 Å². The van der Waals surface area contributed by atoms with E-state index in [2.05, 4.69) is 4.98 Å². The van der Waals surface area contributed by atoms with Gasteiger partial charge in [-0.1, -0.05) is 47.5 Å². The van der Waals surface area contributed by atoms with E-state index in [0.29, 0.717) is 35.8 Å². The minimum atomic E-state index is -0.665. The molecule has 0 spiro atoms. The topological polar surface area (TPSA) is 94.5 Å². The zero-order valence-corrected chi connectivity index (χ0v) is 20.1. The molecule has 4 rings (SSSR count). The van der Waals surface area contributed by atoms with Crippen LogP contribution in [0.15, 0.2) is 48.7 Å². The van der Waals surface area contributed by atoms with Gasteiger partial charge >= 0.3 is 0 Å². The van der Waals surface area contributed by atoms with Gasteiger partial charge in [-0.3, -0.25) is 4.79 Å². The number of nitrogens with zero attached hydrogens (tertiary/aromatic N) is 2. The highest BCUT2D eigenvalue weighted by atomic mass is 35.5. The molecule has 4 N–H and O–H groups in total. The van der Waals surface area contributed by atoms with Crippen molar-refractivity contribution in [3.05, 3.63) is 75.7 Å². The van der Waals surface area contributed by atoms with Crippen LogP contribution in [-0.4, -0.2) is 34.9 Å². The van der Waals surface area contributed by atoms with E-state index >= 15 is 0 Å². The maximum absolute atomic E-state index is 13.9. The fourth-order valence-electron chi connectivity index (χ4n) is 3.99. The second-order valence-corrected chi connectivity index (χ2v) is 9.17. The summed E-state index contributed by atoms with van der Waals surface area (Å²) in [7, 11) is 0. The van der Waals surface area contributed by atoms with Crippen LogP contribution >= 0.6 is 23.2 Å². The molecule has 0 radical (unpaired) electrons. The SMILES string of the molecule is CC(Oc1cc(-c2ccc(CC(=O)N3CCC(N)C3)cc2)cnc1N)c1c(Cl)ccc(F)c1Cl. The molecule has 1 amide bonds. The van der Waals surface area contributed by atoms with Crippen molar-refractivity contribution in [1.82, 2.24) is 9.88 Å². The van der Waals surface area contributed by atoms with E-state index in [1.54, 1.807) is 19.2 Å². The standard InChI is InChI=1S/C25H25Cl2FN4O2/c1-14(23-19(26)6-7-20(28)24(23)27)34-21-11-17(12-31-25(21)30)16-4-2-15(3-5-16)10-22(33)32-9-8-18(29)13-32/h2-7,11-12,14,18H,8-10,13,29H2,1H3,(H2,30,31). The minimum absolute atomic E-state index is 0.0661. The van der Waals surface area contributed by atoms with Crippen molar-refractivity contribution in [2.45, 2.75) is 31.9 Å². The molecule has 2 unspecified atom stereocenters. The molecule has 1 saturated heterocycles. The maximum atomic E-state index is 13.9. The van der Waals surface area contributed by atoms with Gasteiger partial charge in [0.2, 0.25) is 5.91 Å². The lowest BCUT2D eigenvalue weighted by Gasteiger charge is -2.19. The van der Waals surface area contributed by atoms with E-state index < -0.39 is 11.9 Å². The number of rotatable bonds is 6. The predicted octanol–water partition coefficient (Wildman–Crippen LogP) is 5.02. The molecular weight excluding hydrogens is 478 g/mol. The van der Waals surface area contributed by atoms with E-state index in [0.717, 1.165) is 23.1 Å². The first-order valence-corrected chi connectivity index (χ1v) is 11.7. The van der Waals surface area contributed by atoms with Crippen LogP contribution in [0.4, 0.5) is 10.2 Å². The fourth-order valence-corrected chi connectivity index (χ4v) is 4.67. The number of nitrogen functional groups attached to an aromatic ring is 1. The molecule has 0 saturated carbocycles. The number of hydrogen-bond donors (Lipinski definition) is 2. The Morgan fingerprint density at radius 1 is 1.24 bits per heavy atom. The number of anilines is 1. The number of amides is 1. The van der Waals surface area contributed by atoms with Crippen molar-refractivity contribution in [2.24, 2.45) is 5.73 Å². The number of nitrogens with two attached hydrogens (primary N) is 2. The van der Waals surface area contributed by atoms with Gasteiger partial charge in [-0.2, -0.15) is 0 Å². The second kappa shape index (κ2) is 10.2. The normalized spacial score (nSPS) is 16.5. The van der Waals surface area contributed by atoms with Gasteiger partial charge in [-0.25, -0.2) is 9.37 Å². The highest BCUT2D eigenvalue weighted by Crippen LogP contribution is 2.37. The fraction of sp³-hybridized carbons (Fsp3) is 0.280. The molecule has 3 aromatic rings. The van der Waals surface area contributed by atoms with Gasteiger partial charge in [0.15, 0.2) is 11.6 Å². The number of benzene rings is 2. The van der Waals surface area contributed by atoms with Crippen LogP contribution in [0.3, 0.4) is 0 Å². The lowest BCUT2D eigenvalue weighted by Crippen LogP contribution is -2.32. The summed E-state index contributed by atoms with van der Waals surface area (Å²) in [5.41, 5.74) is 14.8. The largest absolute Gasteiger partial charge is 0.482 e. The quantitative estimate of drug-likeness (QED) is 0.461. The molecule has 178 valence electrons. The van der Waals surface area contributed by atoms with E-state index in [1.807, 2.05) is 29.2 Å². The van der Waals surface area contributed by atoms with Crippen molar-refractivity contribution in [3.63, 3.8) is 0 Å². The third kappa shape index (κ3) is 5.27. The Morgan fingerprint density at radius 2 is 1.97 bits per heavy atom. The van der Waals surface area contributed by atoms with Crippen molar-refractivity contribution >= 4 is 34.9 Å². The lowest BCUT2D eigenvalue weighted by atomic mass is 10.0. The molecule has 0 bridgehead atoms. The Morgan fingerprint density at radius 3 is 2.65 bits per heavy atom. The Bertz CT molecular complexity index is 1210. The van der Waals surface area contributed by atoms with Crippen LogP contribution in [0, 0.1) is 5.82 Å². The monoisotopic (exact) mass is 502 g/mol. The average Bonchev–Trinajstić information content (AvgIpc) is 3.25. The van der Waals surface area contributed by atoms with Crippen LogP contribution in [0.1, 0.15) is 30.6 Å². The summed E-state index contributed by atoms with van der Waals surface area (Å²) >= 11 is 12.3. The summed E-state index contributed by atoms with van der Waals surface area (Å²) in [4.78, 5) is 18.5. The molecule has 34 heavy (non-hydrogen) atoms. The zero-order valence-electron chi connectivity index (χ0n) is 18.6. The van der Waals surface area contributed by atoms with Crippen LogP contribution < -0.4 is 16.2 Å². The minimum Gasteiger partial charge on any atom is -0.482 e. The summed E-state index contributed by atoms with van der Waals surface area (Å²) < 4.78 is 19.9. The first-order valence-electron chi connectivity index (χ1n) is 10.9. The van der Waals surface area contributed by atoms with Crippen molar-refractivity contribution in [2.75, 3.05) is 18.8 Å². The third-order valence-corrected chi connectivity index (χ3v) is 6.61. The molecule has 1 aliphatic rings.